The highest BCUT2D eigenvalue weighted by atomic mass is 32.2. The quantitative estimate of drug-likeness (QED) is 0.309. The molecule has 0 aliphatic carbocycles. The Morgan fingerprint density at radius 3 is 2.58 bits per heavy atom. The first-order chi connectivity index (χ1) is 9.10. The summed E-state index contributed by atoms with van der Waals surface area (Å²) in [5.74, 6) is -0.199. The minimum absolute atomic E-state index is 0.0919. The summed E-state index contributed by atoms with van der Waals surface area (Å²) in [5.41, 5.74) is 0.863. The molecule has 0 fully saturated rings. The number of anilines is 1. The smallest absolute Gasteiger partial charge is 0.197 e. The highest BCUT2D eigenvalue weighted by Crippen LogP contribution is 2.16. The van der Waals surface area contributed by atoms with Crippen LogP contribution >= 0.6 is 12.3 Å². The van der Waals surface area contributed by atoms with E-state index in [4.69, 9.17) is 9.44 Å². The lowest BCUT2D eigenvalue weighted by molar-refractivity contribution is -0.434. The average molecular weight is 309 g/mol. The van der Waals surface area contributed by atoms with Gasteiger partial charge in [-0.05, 0) is 31.2 Å². The number of hydrogen-bond acceptors (Lipinski definition) is 8. The first-order valence-corrected chi connectivity index (χ1v) is 7.75. The molecule has 0 heterocycles. The molecular formula is C10H15NO6S2. The Morgan fingerprint density at radius 1 is 1.32 bits per heavy atom. The second-order valence-corrected chi connectivity index (χ2v) is 6.02. The third-order valence-corrected chi connectivity index (χ3v) is 4.21. The fourth-order valence-electron chi connectivity index (χ4n) is 1.31. The fourth-order valence-corrected chi connectivity index (χ4v) is 2.72. The molecule has 0 spiro atoms. The monoisotopic (exact) mass is 309 g/mol. The van der Waals surface area contributed by atoms with Gasteiger partial charge in [0.15, 0.2) is 22.2 Å². The Kier molecular flexibility index (Phi) is 7.13. The second-order valence-electron chi connectivity index (χ2n) is 3.41. The highest BCUT2D eigenvalue weighted by Gasteiger charge is 2.14. The first-order valence-electron chi connectivity index (χ1n) is 5.43. The maximum absolute atomic E-state index is 11.9. The minimum Gasteiger partial charge on any atom is -0.385 e. The molecule has 0 saturated heterocycles. The molecule has 0 amide bonds. The van der Waals surface area contributed by atoms with Gasteiger partial charge in [-0.1, -0.05) is 5.04 Å². The van der Waals surface area contributed by atoms with Crippen molar-refractivity contribution in [3.63, 3.8) is 0 Å². The van der Waals surface area contributed by atoms with Crippen molar-refractivity contribution < 1.29 is 27.2 Å². The van der Waals surface area contributed by atoms with Crippen molar-refractivity contribution in [2.24, 2.45) is 0 Å². The van der Waals surface area contributed by atoms with Crippen LogP contribution in [0.15, 0.2) is 29.2 Å². The lowest BCUT2D eigenvalue weighted by Crippen LogP contribution is -2.11. The number of nitrogens with one attached hydrogen (secondary N) is 1. The van der Waals surface area contributed by atoms with Crippen molar-refractivity contribution >= 4 is 27.8 Å². The zero-order valence-corrected chi connectivity index (χ0v) is 11.9. The number of sulfone groups is 1. The maximum Gasteiger partial charge on any atom is 0.197 e. The summed E-state index contributed by atoms with van der Waals surface area (Å²) in [5, 5.41) is 14.2. The summed E-state index contributed by atoms with van der Waals surface area (Å²) in [6, 6.07) is 6.48. The van der Waals surface area contributed by atoms with Crippen LogP contribution in [0.1, 0.15) is 6.92 Å². The van der Waals surface area contributed by atoms with E-state index in [1.165, 1.54) is 12.1 Å². The molecule has 1 aromatic carbocycles. The van der Waals surface area contributed by atoms with E-state index in [0.717, 1.165) is 12.2 Å². The van der Waals surface area contributed by atoms with Crippen molar-refractivity contribution in [2.45, 2.75) is 11.8 Å². The molecule has 0 aliphatic heterocycles. The Balaban J connectivity index is 2.52. The molecule has 108 valence electrons. The first kappa shape index (κ1) is 16.2. The Labute approximate surface area is 116 Å². The van der Waals surface area contributed by atoms with Crippen molar-refractivity contribution in [3.8, 4) is 0 Å². The lowest BCUT2D eigenvalue weighted by atomic mass is 10.3. The van der Waals surface area contributed by atoms with Gasteiger partial charge in [0.25, 0.3) is 0 Å². The molecule has 0 aliphatic rings. The third-order valence-electron chi connectivity index (χ3n) is 2.14. The summed E-state index contributed by atoms with van der Waals surface area (Å²) in [6.07, 6.45) is 0. The van der Waals surface area contributed by atoms with E-state index in [2.05, 4.69) is 14.7 Å². The van der Waals surface area contributed by atoms with Crippen molar-refractivity contribution in [3.05, 3.63) is 24.3 Å². The molecule has 7 nitrogen and oxygen atoms in total. The summed E-state index contributed by atoms with van der Waals surface area (Å²) >= 11 is 0.352. The Bertz CT molecular complexity index is 461. The molecule has 0 bridgehead atoms. The molecule has 0 atom stereocenters. The van der Waals surface area contributed by atoms with E-state index in [1.807, 2.05) is 6.92 Å². The molecule has 0 saturated carbocycles. The molecule has 0 aromatic heterocycles. The van der Waals surface area contributed by atoms with Crippen LogP contribution in [-0.2, 0) is 23.4 Å². The normalized spacial score (nSPS) is 11.5. The largest absolute Gasteiger partial charge is 0.385 e. The van der Waals surface area contributed by atoms with Crippen LogP contribution in [-0.4, -0.2) is 32.6 Å². The molecule has 19 heavy (non-hydrogen) atoms. The van der Waals surface area contributed by atoms with Gasteiger partial charge in [0.05, 0.1) is 17.3 Å². The van der Waals surface area contributed by atoms with Gasteiger partial charge in [-0.15, -0.1) is 4.33 Å². The van der Waals surface area contributed by atoms with Gasteiger partial charge in [0.1, 0.15) is 0 Å². The number of benzene rings is 1. The maximum atomic E-state index is 11.9. The molecule has 0 radical (unpaired) electrons. The SMILES string of the molecule is CCNc1ccc(S(=O)(=O)CCOSOOO)cc1. The molecule has 2 N–H and O–H groups in total. The van der Waals surface area contributed by atoms with Gasteiger partial charge in [-0.2, -0.15) is 0 Å². The standard InChI is InChI=1S/C10H15NO6S2/c1-2-11-9-3-5-10(6-4-9)19(13,14)8-7-15-18-17-16-12/h3-6,11-12H,2,7-8H2,1H3. The third kappa shape index (κ3) is 5.76. The predicted molar refractivity (Wildman–Crippen MR) is 71.0 cm³/mol. The van der Waals surface area contributed by atoms with Crippen molar-refractivity contribution in [2.75, 3.05) is 24.2 Å². The van der Waals surface area contributed by atoms with Gasteiger partial charge < -0.3 is 5.32 Å². The van der Waals surface area contributed by atoms with Gasteiger partial charge in [0, 0.05) is 12.2 Å². The second kappa shape index (κ2) is 8.35. The zero-order chi connectivity index (χ0) is 14.1. The lowest BCUT2D eigenvalue weighted by Gasteiger charge is -2.06. The minimum atomic E-state index is -3.40. The van der Waals surface area contributed by atoms with E-state index in [-0.39, 0.29) is 17.3 Å². The van der Waals surface area contributed by atoms with Gasteiger partial charge >= 0.3 is 0 Å². The number of hydrogen-bond donors (Lipinski definition) is 2. The topological polar surface area (TPSA) is 94.1 Å². The van der Waals surface area contributed by atoms with E-state index in [0.29, 0.717) is 12.3 Å². The van der Waals surface area contributed by atoms with Crippen LogP contribution in [0, 0.1) is 0 Å². The van der Waals surface area contributed by atoms with Crippen LogP contribution < -0.4 is 5.32 Å². The van der Waals surface area contributed by atoms with E-state index in [9.17, 15) is 8.42 Å². The van der Waals surface area contributed by atoms with E-state index < -0.39 is 9.84 Å². The van der Waals surface area contributed by atoms with Crippen LogP contribution in [0.2, 0.25) is 0 Å². The zero-order valence-electron chi connectivity index (χ0n) is 10.2. The van der Waals surface area contributed by atoms with Crippen molar-refractivity contribution in [1.29, 1.82) is 0 Å². The fraction of sp³-hybridized carbons (Fsp3) is 0.400. The van der Waals surface area contributed by atoms with Crippen LogP contribution in [0.5, 0.6) is 0 Å². The van der Waals surface area contributed by atoms with Crippen LogP contribution in [0.25, 0.3) is 0 Å². The Hall–Kier alpha value is -0.840. The van der Waals surface area contributed by atoms with Crippen molar-refractivity contribution in [1.82, 2.24) is 0 Å². The summed E-state index contributed by atoms with van der Waals surface area (Å²) in [6.45, 7) is 2.63. The molecule has 9 heteroatoms. The summed E-state index contributed by atoms with van der Waals surface area (Å²) < 4.78 is 32.5. The summed E-state index contributed by atoms with van der Waals surface area (Å²) in [4.78, 5) is 0.224. The molecule has 0 unspecified atom stereocenters. The van der Waals surface area contributed by atoms with Crippen LogP contribution in [0.4, 0.5) is 5.69 Å². The summed E-state index contributed by atoms with van der Waals surface area (Å²) in [7, 11) is -3.40. The van der Waals surface area contributed by atoms with E-state index >= 15 is 0 Å². The average Bonchev–Trinajstić information content (AvgIpc) is 2.39. The molecule has 1 rings (SSSR count). The van der Waals surface area contributed by atoms with Gasteiger partial charge in [0.2, 0.25) is 0 Å². The highest BCUT2D eigenvalue weighted by molar-refractivity contribution is 7.91. The predicted octanol–water partition coefficient (Wildman–Crippen LogP) is 1.89. The van der Waals surface area contributed by atoms with Crippen LogP contribution in [0.3, 0.4) is 0 Å². The number of rotatable bonds is 9. The van der Waals surface area contributed by atoms with Gasteiger partial charge in [-0.3, -0.25) is 4.18 Å². The van der Waals surface area contributed by atoms with Gasteiger partial charge in [-0.25, -0.2) is 13.7 Å². The van der Waals surface area contributed by atoms with E-state index in [1.54, 1.807) is 12.1 Å². The molecule has 1 aromatic rings. The molecular weight excluding hydrogens is 294 g/mol. The Morgan fingerprint density at radius 2 is 2.00 bits per heavy atom.